The molecule has 0 saturated heterocycles. The zero-order valence-electron chi connectivity index (χ0n) is 44.7. The summed E-state index contributed by atoms with van der Waals surface area (Å²) in [6, 6.07) is 76.2. The van der Waals surface area contributed by atoms with Crippen LogP contribution in [0.2, 0.25) is 0 Å². The minimum absolute atomic E-state index is 0. The molecule has 410 valence electrons. The van der Waals surface area contributed by atoms with Crippen molar-refractivity contribution in [3.8, 4) is 45.0 Å². The van der Waals surface area contributed by atoms with E-state index in [1.165, 1.54) is 80.8 Å². The maximum Gasteiger partial charge on any atom is 0.210 e. The van der Waals surface area contributed by atoms with Gasteiger partial charge in [0.1, 0.15) is 11.6 Å². The van der Waals surface area contributed by atoms with Crippen LogP contribution in [0.15, 0.2) is 274 Å². The van der Waals surface area contributed by atoms with E-state index in [0.717, 1.165) is 77.1 Å². The summed E-state index contributed by atoms with van der Waals surface area (Å²) < 4.78 is 37.7. The number of hydrogen-bond acceptors (Lipinski definition) is 2. The standard InChI is InChI=1S/C16H10N.2C11H8FN.C11H7FN.2C11H11N.2Ir/c1-2-7-14-12(4-1)10-13-6-3-5-11-8-9-17-16(14)15(11)13;3*12-10-6-4-9(5-7-10)11-3-1-2-8-13-11;2*1-2-6-10(7-3-1)11-8-4-5-9-12-11;;/h1-6,8-9H,10H2;2*1-8H;1-4,6-8H;2*1-3,5-7,9H,4,8H2;;/q-1;;;-1;;;;/p+4. The Morgan fingerprint density at radius 1 is 0.427 bits per heavy atom. The molecule has 3 aliphatic rings. The fraction of sp³-hybridized carbons (Fsp3) is 0.0704. The first-order valence-electron chi connectivity index (χ1n) is 26.5. The predicted molar refractivity (Wildman–Crippen MR) is 314 cm³/mol. The first kappa shape index (κ1) is 60.9. The van der Waals surface area contributed by atoms with Gasteiger partial charge in [-0.05, 0) is 151 Å². The summed E-state index contributed by atoms with van der Waals surface area (Å²) in [7, 11) is 0. The van der Waals surface area contributed by atoms with Crippen LogP contribution in [-0.2, 0) is 46.6 Å². The van der Waals surface area contributed by atoms with Gasteiger partial charge in [-0.15, -0.1) is 65.2 Å². The molecular formula is C71H59F3Ir2N6+2. The molecule has 1 aliphatic carbocycles. The van der Waals surface area contributed by atoms with Gasteiger partial charge in [0.25, 0.3) is 0 Å². The molecule has 11 aromatic rings. The zero-order chi connectivity index (χ0) is 55.0. The molecule has 2 aliphatic heterocycles. The molecule has 0 unspecified atom stereocenters. The quantitative estimate of drug-likeness (QED) is 0.168. The summed E-state index contributed by atoms with van der Waals surface area (Å²) in [6.45, 7) is 0. The fourth-order valence-corrected chi connectivity index (χ4v) is 9.00. The molecule has 0 spiro atoms. The first-order valence-corrected chi connectivity index (χ1v) is 26.5. The van der Waals surface area contributed by atoms with Gasteiger partial charge in [0.15, 0.2) is 36.2 Å². The van der Waals surface area contributed by atoms with Gasteiger partial charge in [0, 0.05) is 118 Å². The molecular weight excluding hydrogens is 1380 g/mol. The molecule has 6 heterocycles. The topological polar surface area (TPSA) is 82.0 Å². The van der Waals surface area contributed by atoms with Gasteiger partial charge in [-0.2, -0.15) is 0 Å². The van der Waals surface area contributed by atoms with Crippen molar-refractivity contribution in [2.24, 2.45) is 0 Å². The van der Waals surface area contributed by atoms with Crippen molar-refractivity contribution in [1.29, 1.82) is 0 Å². The summed E-state index contributed by atoms with van der Waals surface area (Å²) in [5.74, 6) is -0.695. The van der Waals surface area contributed by atoms with E-state index >= 15 is 0 Å². The number of H-pyrrole nitrogens is 2. The summed E-state index contributed by atoms with van der Waals surface area (Å²) in [6.07, 6.45) is 21.2. The zero-order valence-corrected chi connectivity index (χ0v) is 49.5. The average molecular weight is 1440 g/mol. The van der Waals surface area contributed by atoms with Gasteiger partial charge in [0.05, 0.1) is 0 Å². The number of allylic oxidation sites excluding steroid dienone is 2. The molecule has 82 heavy (non-hydrogen) atoms. The van der Waals surface area contributed by atoms with Crippen LogP contribution in [-0.4, -0.2) is 21.4 Å². The minimum Gasteiger partial charge on any atom is -0.305 e. The summed E-state index contributed by atoms with van der Waals surface area (Å²) in [5, 5.41) is 2.57. The van der Waals surface area contributed by atoms with Crippen LogP contribution in [0.3, 0.4) is 0 Å². The predicted octanol–water partition coefficient (Wildman–Crippen LogP) is 12.6. The van der Waals surface area contributed by atoms with Crippen LogP contribution in [0.5, 0.6) is 0 Å². The van der Waals surface area contributed by atoms with Crippen molar-refractivity contribution in [2.45, 2.75) is 32.1 Å². The second-order valence-corrected chi connectivity index (χ2v) is 18.5. The smallest absolute Gasteiger partial charge is 0.210 e. The van der Waals surface area contributed by atoms with Crippen LogP contribution in [0.4, 0.5) is 13.2 Å². The van der Waals surface area contributed by atoms with Gasteiger partial charge in [0.2, 0.25) is 11.4 Å². The summed E-state index contributed by atoms with van der Waals surface area (Å²) in [4.78, 5) is 21.4. The normalized spacial score (nSPS) is 11.9. The Hall–Kier alpha value is -8.69. The second-order valence-electron chi connectivity index (χ2n) is 18.5. The number of aromatic amines is 2. The maximum atomic E-state index is 12.6. The molecule has 0 bridgehead atoms. The molecule has 6 nitrogen and oxygen atoms in total. The van der Waals surface area contributed by atoms with E-state index in [1.807, 2.05) is 110 Å². The first-order chi connectivity index (χ1) is 39.4. The molecule has 7 aromatic carbocycles. The van der Waals surface area contributed by atoms with Gasteiger partial charge in [-0.25, -0.2) is 28.7 Å². The molecule has 0 saturated carbocycles. The number of aromatic nitrogens is 4. The number of nitrogens with zero attached hydrogens (tertiary/aromatic N) is 2. The van der Waals surface area contributed by atoms with Crippen molar-refractivity contribution in [2.75, 3.05) is 0 Å². The maximum absolute atomic E-state index is 12.6. The van der Waals surface area contributed by atoms with Crippen molar-refractivity contribution in [1.82, 2.24) is 9.97 Å². The number of hydrogen-bond donors (Lipinski definition) is 2. The molecule has 14 rings (SSSR count). The van der Waals surface area contributed by atoms with Gasteiger partial charge < -0.3 is 9.97 Å². The molecule has 0 atom stereocenters. The van der Waals surface area contributed by atoms with Crippen LogP contribution >= 0.6 is 0 Å². The van der Waals surface area contributed by atoms with Gasteiger partial charge >= 0.3 is 0 Å². The number of halogens is 3. The third kappa shape index (κ3) is 17.9. The van der Waals surface area contributed by atoms with E-state index in [2.05, 4.69) is 133 Å². The van der Waals surface area contributed by atoms with Crippen molar-refractivity contribution in [3.63, 3.8) is 0 Å². The van der Waals surface area contributed by atoms with Crippen LogP contribution < -0.4 is 20.0 Å². The van der Waals surface area contributed by atoms with Crippen molar-refractivity contribution >= 4 is 22.2 Å². The van der Waals surface area contributed by atoms with E-state index in [1.54, 1.807) is 36.5 Å². The van der Waals surface area contributed by atoms with Crippen molar-refractivity contribution in [3.05, 3.63) is 326 Å². The monoisotopic (exact) mass is 1440 g/mol. The average Bonchev–Trinajstić information content (AvgIpc) is 3.41. The van der Waals surface area contributed by atoms with Crippen LogP contribution in [0.25, 0.3) is 55.8 Å². The summed E-state index contributed by atoms with van der Waals surface area (Å²) in [5.41, 5.74) is 15.8. The number of rotatable bonds is 5. The Morgan fingerprint density at radius 2 is 0.976 bits per heavy atom. The van der Waals surface area contributed by atoms with E-state index in [4.69, 9.17) is 0 Å². The number of fused-ring (bicyclic) bond motifs is 2. The Morgan fingerprint density at radius 3 is 1.48 bits per heavy atom. The van der Waals surface area contributed by atoms with Crippen molar-refractivity contribution < 1.29 is 73.3 Å². The largest absolute Gasteiger partial charge is 0.305 e. The van der Waals surface area contributed by atoms with E-state index in [-0.39, 0.29) is 57.7 Å². The molecule has 11 heteroatoms. The molecule has 4 aromatic heterocycles. The third-order valence-electron chi connectivity index (χ3n) is 13.0. The van der Waals surface area contributed by atoms with Crippen LogP contribution in [0.1, 0.15) is 47.9 Å². The second kappa shape index (κ2) is 32.5. The van der Waals surface area contributed by atoms with E-state index < -0.39 is 0 Å². The van der Waals surface area contributed by atoms with Crippen LogP contribution in [0, 0.1) is 29.6 Å². The number of pyridine rings is 4. The van der Waals surface area contributed by atoms with Gasteiger partial charge in [-0.3, -0.25) is 4.39 Å². The van der Waals surface area contributed by atoms with E-state index in [0.29, 0.717) is 0 Å². The Kier molecular flexibility index (Phi) is 24.2. The summed E-state index contributed by atoms with van der Waals surface area (Å²) >= 11 is 0. The molecule has 2 radical (unpaired) electrons. The fourth-order valence-electron chi connectivity index (χ4n) is 9.00. The number of nitrogens with one attached hydrogen (secondary N) is 4. The number of benzene rings is 7. The molecule has 0 fully saturated rings. The third-order valence-corrected chi connectivity index (χ3v) is 13.0. The Bertz CT molecular complexity index is 3530. The van der Waals surface area contributed by atoms with E-state index in [9.17, 15) is 13.2 Å². The Labute approximate surface area is 504 Å². The SMILES string of the molecule is C1=C[NH+]=C(c2ccccc2)CC1.C1=C[NH+]=C(c2ccccc2)CC1.Fc1c[c-]c(-c2ccccn2)cc1.Fc1ccc(-c2cccc[nH+]2)cc1.Fc1ccc(-c2cccc[nH+]2)cc1.[Ir].[Ir].[c-]1cccc2c1-c1nccc3cccc(c13)C2. The van der Waals surface area contributed by atoms with Gasteiger partial charge in [-0.1, -0.05) is 72.3 Å². The molecule has 0 amide bonds. The Balaban J connectivity index is 0.000000142. The molecule has 4 N–H and O–H groups in total. The minimum atomic E-state index is -0.278.